The van der Waals surface area contributed by atoms with E-state index >= 15 is 0 Å². The molecule has 1 rings (SSSR count). The van der Waals surface area contributed by atoms with Gasteiger partial charge < -0.3 is 9.47 Å². The first-order chi connectivity index (χ1) is 7.50. The summed E-state index contributed by atoms with van der Waals surface area (Å²) in [5.41, 5.74) is 0.480. The van der Waals surface area contributed by atoms with Crippen LogP contribution in [-0.4, -0.2) is 27.4 Å². The zero-order chi connectivity index (χ0) is 12.2. The van der Waals surface area contributed by atoms with Gasteiger partial charge in [0.05, 0.1) is 13.2 Å². The topological polar surface area (TPSA) is 18.5 Å². The molecule has 1 aliphatic rings. The summed E-state index contributed by atoms with van der Waals surface area (Å²) in [5.74, 6) is 0.761. The molecular formula is C14H28O2. The van der Waals surface area contributed by atoms with Gasteiger partial charge in [0, 0.05) is 19.6 Å². The molecule has 0 radical (unpaired) electrons. The molecule has 2 unspecified atom stereocenters. The van der Waals surface area contributed by atoms with Crippen molar-refractivity contribution in [3.63, 3.8) is 0 Å². The maximum atomic E-state index is 5.45. The average Bonchev–Trinajstić information content (AvgIpc) is 2.23. The van der Waals surface area contributed by atoms with Gasteiger partial charge in [-0.05, 0) is 17.8 Å². The molecular weight excluding hydrogens is 200 g/mol. The van der Waals surface area contributed by atoms with E-state index in [4.69, 9.17) is 9.47 Å². The Balaban J connectivity index is 2.89. The highest BCUT2D eigenvalue weighted by atomic mass is 16.5. The van der Waals surface area contributed by atoms with Gasteiger partial charge in [-0.3, -0.25) is 0 Å². The van der Waals surface area contributed by atoms with E-state index in [0.29, 0.717) is 5.41 Å². The first-order valence-corrected chi connectivity index (χ1v) is 6.48. The van der Waals surface area contributed by atoms with Gasteiger partial charge in [0.15, 0.2) is 0 Å². The zero-order valence-corrected chi connectivity index (χ0v) is 11.6. The molecule has 0 saturated heterocycles. The molecule has 2 nitrogen and oxygen atoms in total. The summed E-state index contributed by atoms with van der Waals surface area (Å²) in [6.45, 7) is 8.72. The van der Waals surface area contributed by atoms with Crippen LogP contribution in [0.15, 0.2) is 0 Å². The van der Waals surface area contributed by atoms with Crippen molar-refractivity contribution < 1.29 is 9.47 Å². The SMILES string of the molecule is COCC(C)(COC)C1(C)CCCCC1C. The normalized spacial score (nSPS) is 31.7. The predicted molar refractivity (Wildman–Crippen MR) is 67.6 cm³/mol. The lowest BCUT2D eigenvalue weighted by molar-refractivity contribution is -0.103. The second-order valence-electron chi connectivity index (χ2n) is 5.99. The second kappa shape index (κ2) is 5.50. The molecule has 1 aliphatic carbocycles. The van der Waals surface area contributed by atoms with Gasteiger partial charge in [-0.15, -0.1) is 0 Å². The Bertz CT molecular complexity index is 209. The Kier molecular flexibility index (Phi) is 4.81. The molecule has 0 aromatic heterocycles. The van der Waals surface area contributed by atoms with E-state index in [1.165, 1.54) is 25.7 Å². The van der Waals surface area contributed by atoms with Gasteiger partial charge in [0.2, 0.25) is 0 Å². The molecule has 0 N–H and O–H groups in total. The maximum absolute atomic E-state index is 5.45. The Labute approximate surface area is 101 Å². The minimum Gasteiger partial charge on any atom is -0.384 e. The van der Waals surface area contributed by atoms with Crippen molar-refractivity contribution in [2.45, 2.75) is 46.5 Å². The molecule has 0 bridgehead atoms. The largest absolute Gasteiger partial charge is 0.384 e. The van der Waals surface area contributed by atoms with E-state index < -0.39 is 0 Å². The maximum Gasteiger partial charge on any atom is 0.0543 e. The minimum atomic E-state index is 0.135. The van der Waals surface area contributed by atoms with Crippen LogP contribution in [0.1, 0.15) is 46.5 Å². The summed E-state index contributed by atoms with van der Waals surface area (Å²) < 4.78 is 10.9. The van der Waals surface area contributed by atoms with Crippen LogP contribution in [0.2, 0.25) is 0 Å². The molecule has 96 valence electrons. The Hall–Kier alpha value is -0.0800. The van der Waals surface area contributed by atoms with Gasteiger partial charge >= 0.3 is 0 Å². The first kappa shape index (κ1) is 14.0. The van der Waals surface area contributed by atoms with Crippen molar-refractivity contribution in [2.75, 3.05) is 27.4 Å². The van der Waals surface area contributed by atoms with Crippen molar-refractivity contribution in [1.29, 1.82) is 0 Å². The standard InChI is InChI=1S/C14H28O2/c1-12-8-6-7-9-14(12,3)13(2,10-15-4)11-16-5/h12H,6-11H2,1-5H3. The molecule has 0 aromatic rings. The van der Waals surface area contributed by atoms with Crippen LogP contribution in [0.4, 0.5) is 0 Å². The molecule has 16 heavy (non-hydrogen) atoms. The summed E-state index contributed by atoms with van der Waals surface area (Å²) in [4.78, 5) is 0. The van der Waals surface area contributed by atoms with Crippen LogP contribution in [0, 0.1) is 16.7 Å². The van der Waals surface area contributed by atoms with Crippen molar-refractivity contribution >= 4 is 0 Å². The minimum absolute atomic E-state index is 0.135. The average molecular weight is 228 g/mol. The van der Waals surface area contributed by atoms with Crippen molar-refractivity contribution in [3.05, 3.63) is 0 Å². The molecule has 0 spiro atoms. The molecule has 2 atom stereocenters. The quantitative estimate of drug-likeness (QED) is 0.717. The molecule has 1 saturated carbocycles. The van der Waals surface area contributed by atoms with Crippen LogP contribution in [0.3, 0.4) is 0 Å². The van der Waals surface area contributed by atoms with E-state index in [1.807, 2.05) is 0 Å². The van der Waals surface area contributed by atoms with E-state index in [-0.39, 0.29) is 5.41 Å². The summed E-state index contributed by atoms with van der Waals surface area (Å²) in [7, 11) is 3.59. The molecule has 2 heteroatoms. The second-order valence-corrected chi connectivity index (χ2v) is 5.99. The van der Waals surface area contributed by atoms with Gasteiger partial charge in [-0.25, -0.2) is 0 Å². The van der Waals surface area contributed by atoms with Crippen LogP contribution in [0.25, 0.3) is 0 Å². The van der Waals surface area contributed by atoms with Gasteiger partial charge in [-0.2, -0.15) is 0 Å². The van der Waals surface area contributed by atoms with E-state index in [0.717, 1.165) is 19.1 Å². The highest BCUT2D eigenvalue weighted by Crippen LogP contribution is 2.53. The number of methoxy groups -OCH3 is 2. The monoisotopic (exact) mass is 228 g/mol. The fraction of sp³-hybridized carbons (Fsp3) is 1.00. The lowest BCUT2D eigenvalue weighted by atomic mass is 9.55. The lowest BCUT2D eigenvalue weighted by Gasteiger charge is -2.52. The first-order valence-electron chi connectivity index (χ1n) is 6.48. The molecule has 1 fully saturated rings. The molecule has 0 heterocycles. The Morgan fingerprint density at radius 1 is 1.19 bits per heavy atom. The van der Waals surface area contributed by atoms with Crippen LogP contribution in [0.5, 0.6) is 0 Å². The highest BCUT2D eigenvalue weighted by Gasteiger charge is 2.48. The third-order valence-electron chi connectivity index (χ3n) is 4.98. The fourth-order valence-corrected chi connectivity index (χ4v) is 3.41. The van der Waals surface area contributed by atoms with Crippen molar-refractivity contribution in [3.8, 4) is 0 Å². The highest BCUT2D eigenvalue weighted by molar-refractivity contribution is 4.97. The van der Waals surface area contributed by atoms with Gasteiger partial charge in [-0.1, -0.05) is 40.0 Å². The van der Waals surface area contributed by atoms with Gasteiger partial charge in [0.25, 0.3) is 0 Å². The van der Waals surface area contributed by atoms with Crippen LogP contribution >= 0.6 is 0 Å². The molecule has 0 amide bonds. The van der Waals surface area contributed by atoms with E-state index in [1.54, 1.807) is 14.2 Å². The van der Waals surface area contributed by atoms with E-state index in [2.05, 4.69) is 20.8 Å². The third kappa shape index (κ3) is 2.43. The smallest absolute Gasteiger partial charge is 0.0543 e. The number of rotatable bonds is 5. The lowest BCUT2D eigenvalue weighted by Crippen LogP contribution is -2.49. The predicted octanol–water partition coefficient (Wildman–Crippen LogP) is 3.50. The number of hydrogen-bond donors (Lipinski definition) is 0. The Morgan fingerprint density at radius 2 is 1.75 bits per heavy atom. The summed E-state index contributed by atoms with van der Waals surface area (Å²) in [6, 6.07) is 0. The molecule has 0 aliphatic heterocycles. The van der Waals surface area contributed by atoms with Gasteiger partial charge in [0.1, 0.15) is 0 Å². The number of ether oxygens (including phenoxy) is 2. The zero-order valence-electron chi connectivity index (χ0n) is 11.6. The van der Waals surface area contributed by atoms with Crippen molar-refractivity contribution in [1.82, 2.24) is 0 Å². The third-order valence-corrected chi connectivity index (χ3v) is 4.98. The summed E-state index contributed by atoms with van der Waals surface area (Å²) >= 11 is 0. The molecule has 0 aromatic carbocycles. The summed E-state index contributed by atoms with van der Waals surface area (Å²) in [5, 5.41) is 0. The van der Waals surface area contributed by atoms with Crippen molar-refractivity contribution in [2.24, 2.45) is 16.7 Å². The van der Waals surface area contributed by atoms with Crippen LogP contribution < -0.4 is 0 Å². The number of hydrogen-bond acceptors (Lipinski definition) is 2. The fourth-order valence-electron chi connectivity index (χ4n) is 3.41. The Morgan fingerprint density at radius 3 is 2.19 bits per heavy atom. The van der Waals surface area contributed by atoms with Crippen LogP contribution in [-0.2, 0) is 9.47 Å². The summed E-state index contributed by atoms with van der Waals surface area (Å²) in [6.07, 6.45) is 5.38. The van der Waals surface area contributed by atoms with E-state index in [9.17, 15) is 0 Å².